The third-order valence-corrected chi connectivity index (χ3v) is 5.25. The Hall–Kier alpha value is -2.28. The van der Waals surface area contributed by atoms with Crippen molar-refractivity contribution in [3.8, 4) is 0 Å². The lowest BCUT2D eigenvalue weighted by Crippen LogP contribution is -2.38. The zero-order chi connectivity index (χ0) is 17.9. The SMILES string of the molecule is O=C(c1cccc(F)c1)N1CCC(c2nc(C3CCOCC3)no2)CC1. The molecule has 4 rings (SSSR count). The molecule has 1 amide bonds. The van der Waals surface area contributed by atoms with Crippen LogP contribution in [-0.4, -0.2) is 47.3 Å². The molecule has 3 heterocycles. The number of ether oxygens (including phenoxy) is 1. The molecule has 2 saturated heterocycles. The van der Waals surface area contributed by atoms with Gasteiger partial charge in [0.2, 0.25) is 5.89 Å². The molecule has 0 bridgehead atoms. The molecule has 0 spiro atoms. The van der Waals surface area contributed by atoms with Gasteiger partial charge in [0.15, 0.2) is 5.82 Å². The predicted molar refractivity (Wildman–Crippen MR) is 91.4 cm³/mol. The van der Waals surface area contributed by atoms with Gasteiger partial charge >= 0.3 is 0 Å². The van der Waals surface area contributed by atoms with Crippen molar-refractivity contribution in [1.82, 2.24) is 15.0 Å². The third-order valence-electron chi connectivity index (χ3n) is 5.25. The summed E-state index contributed by atoms with van der Waals surface area (Å²) in [6, 6.07) is 5.84. The number of amides is 1. The van der Waals surface area contributed by atoms with Crippen LogP contribution in [0.5, 0.6) is 0 Å². The van der Waals surface area contributed by atoms with Gasteiger partial charge in [-0.1, -0.05) is 11.2 Å². The van der Waals surface area contributed by atoms with E-state index in [2.05, 4.69) is 10.1 Å². The number of hydrogen-bond acceptors (Lipinski definition) is 5. The van der Waals surface area contributed by atoms with E-state index in [1.165, 1.54) is 12.1 Å². The minimum absolute atomic E-state index is 0.128. The van der Waals surface area contributed by atoms with Crippen molar-refractivity contribution in [3.05, 3.63) is 47.4 Å². The van der Waals surface area contributed by atoms with E-state index in [0.29, 0.717) is 30.5 Å². The van der Waals surface area contributed by atoms with Gasteiger partial charge in [0.25, 0.3) is 5.91 Å². The third kappa shape index (κ3) is 3.62. The number of carbonyl (C=O) groups is 1. The molecule has 0 N–H and O–H groups in total. The van der Waals surface area contributed by atoms with Gasteiger partial charge in [-0.25, -0.2) is 4.39 Å². The van der Waals surface area contributed by atoms with Crippen molar-refractivity contribution in [2.45, 2.75) is 37.5 Å². The summed E-state index contributed by atoms with van der Waals surface area (Å²) in [5, 5.41) is 4.16. The molecular formula is C19H22FN3O3. The highest BCUT2D eigenvalue weighted by Gasteiger charge is 2.29. The van der Waals surface area contributed by atoms with E-state index in [1.54, 1.807) is 17.0 Å². The van der Waals surface area contributed by atoms with E-state index in [1.807, 2.05) is 0 Å². The van der Waals surface area contributed by atoms with Crippen LogP contribution in [0.3, 0.4) is 0 Å². The maximum absolute atomic E-state index is 13.3. The van der Waals surface area contributed by atoms with E-state index >= 15 is 0 Å². The lowest BCUT2D eigenvalue weighted by Gasteiger charge is -2.30. The summed E-state index contributed by atoms with van der Waals surface area (Å²) >= 11 is 0. The Bertz CT molecular complexity index is 765. The lowest BCUT2D eigenvalue weighted by atomic mass is 9.95. The average molecular weight is 359 g/mol. The van der Waals surface area contributed by atoms with Crippen molar-refractivity contribution in [1.29, 1.82) is 0 Å². The molecule has 0 unspecified atom stereocenters. The quantitative estimate of drug-likeness (QED) is 0.842. The second kappa shape index (κ2) is 7.53. The Morgan fingerprint density at radius 3 is 2.62 bits per heavy atom. The van der Waals surface area contributed by atoms with E-state index in [0.717, 1.165) is 44.7 Å². The van der Waals surface area contributed by atoms with Crippen molar-refractivity contribution in [2.75, 3.05) is 26.3 Å². The smallest absolute Gasteiger partial charge is 0.253 e. The molecule has 0 atom stereocenters. The number of carbonyl (C=O) groups excluding carboxylic acids is 1. The normalized spacial score (nSPS) is 19.7. The fourth-order valence-electron chi connectivity index (χ4n) is 3.67. The molecule has 138 valence electrons. The molecule has 2 aliphatic rings. The zero-order valence-electron chi connectivity index (χ0n) is 14.6. The highest BCUT2D eigenvalue weighted by molar-refractivity contribution is 5.94. The lowest BCUT2D eigenvalue weighted by molar-refractivity contribution is 0.0704. The fraction of sp³-hybridized carbons (Fsp3) is 0.526. The van der Waals surface area contributed by atoms with Gasteiger partial charge < -0.3 is 14.2 Å². The molecule has 2 aromatic rings. The molecule has 26 heavy (non-hydrogen) atoms. The first-order valence-corrected chi connectivity index (χ1v) is 9.17. The second-order valence-corrected chi connectivity index (χ2v) is 6.95. The Morgan fingerprint density at radius 2 is 1.88 bits per heavy atom. The van der Waals surface area contributed by atoms with Crippen LogP contribution in [-0.2, 0) is 4.74 Å². The largest absolute Gasteiger partial charge is 0.381 e. The predicted octanol–water partition coefficient (Wildman–Crippen LogP) is 3.12. The van der Waals surface area contributed by atoms with Crippen molar-refractivity contribution in [2.24, 2.45) is 0 Å². The van der Waals surface area contributed by atoms with Gasteiger partial charge in [-0.2, -0.15) is 4.98 Å². The Morgan fingerprint density at radius 1 is 1.12 bits per heavy atom. The summed E-state index contributed by atoms with van der Waals surface area (Å²) in [4.78, 5) is 18.9. The first kappa shape index (κ1) is 17.1. The van der Waals surface area contributed by atoms with Gasteiger partial charge in [0.05, 0.1) is 0 Å². The summed E-state index contributed by atoms with van der Waals surface area (Å²) in [6.45, 7) is 2.70. The van der Waals surface area contributed by atoms with Crippen LogP contribution in [0.4, 0.5) is 4.39 Å². The average Bonchev–Trinajstić information content (AvgIpc) is 3.18. The molecule has 6 nitrogen and oxygen atoms in total. The number of nitrogens with zero attached hydrogens (tertiary/aromatic N) is 3. The number of piperidine rings is 1. The number of likely N-dealkylation sites (tertiary alicyclic amines) is 1. The first-order valence-electron chi connectivity index (χ1n) is 9.17. The molecule has 0 radical (unpaired) electrons. The van der Waals surface area contributed by atoms with Crippen LogP contribution < -0.4 is 0 Å². The van der Waals surface area contributed by atoms with Crippen LogP contribution in [0.25, 0.3) is 0 Å². The van der Waals surface area contributed by atoms with E-state index in [4.69, 9.17) is 9.26 Å². The molecule has 2 fully saturated rings. The zero-order valence-corrected chi connectivity index (χ0v) is 14.6. The molecule has 0 saturated carbocycles. The number of aromatic nitrogens is 2. The summed E-state index contributed by atoms with van der Waals surface area (Å²) in [7, 11) is 0. The summed E-state index contributed by atoms with van der Waals surface area (Å²) in [5.41, 5.74) is 0.392. The van der Waals surface area contributed by atoms with Gasteiger partial charge in [0.1, 0.15) is 5.82 Å². The monoisotopic (exact) mass is 359 g/mol. The summed E-state index contributed by atoms with van der Waals surface area (Å²) in [5.74, 6) is 1.42. The second-order valence-electron chi connectivity index (χ2n) is 6.95. The molecule has 7 heteroatoms. The minimum atomic E-state index is -0.391. The number of halogens is 1. The Labute approximate surface area is 151 Å². The molecular weight excluding hydrogens is 337 g/mol. The molecule has 1 aromatic heterocycles. The van der Waals surface area contributed by atoms with Crippen LogP contribution in [0.15, 0.2) is 28.8 Å². The van der Waals surface area contributed by atoms with Gasteiger partial charge in [-0.05, 0) is 43.9 Å². The topological polar surface area (TPSA) is 68.5 Å². The maximum atomic E-state index is 13.3. The minimum Gasteiger partial charge on any atom is -0.381 e. The van der Waals surface area contributed by atoms with E-state index in [9.17, 15) is 9.18 Å². The Kier molecular flexibility index (Phi) is 4.97. The number of rotatable bonds is 3. The highest BCUT2D eigenvalue weighted by atomic mass is 19.1. The molecule has 0 aliphatic carbocycles. The van der Waals surface area contributed by atoms with Crippen LogP contribution in [0.1, 0.15) is 59.6 Å². The standard InChI is InChI=1S/C19H22FN3O3/c20-16-3-1-2-15(12-16)19(24)23-8-4-14(5-9-23)18-21-17(22-26-18)13-6-10-25-11-7-13/h1-3,12-14H,4-11H2. The van der Waals surface area contributed by atoms with Crippen LogP contribution in [0, 0.1) is 5.82 Å². The van der Waals surface area contributed by atoms with Crippen LogP contribution in [0.2, 0.25) is 0 Å². The first-order chi connectivity index (χ1) is 12.7. The summed E-state index contributed by atoms with van der Waals surface area (Å²) in [6.07, 6.45) is 3.41. The van der Waals surface area contributed by atoms with Crippen molar-refractivity contribution < 1.29 is 18.4 Å². The number of hydrogen-bond donors (Lipinski definition) is 0. The van der Waals surface area contributed by atoms with Gasteiger partial charge in [-0.15, -0.1) is 0 Å². The molecule has 2 aliphatic heterocycles. The van der Waals surface area contributed by atoms with Gasteiger partial charge in [-0.3, -0.25) is 4.79 Å². The molecule has 1 aromatic carbocycles. The van der Waals surface area contributed by atoms with Crippen molar-refractivity contribution in [3.63, 3.8) is 0 Å². The maximum Gasteiger partial charge on any atom is 0.253 e. The highest BCUT2D eigenvalue weighted by Crippen LogP contribution is 2.30. The van der Waals surface area contributed by atoms with Crippen molar-refractivity contribution >= 4 is 5.91 Å². The number of benzene rings is 1. The summed E-state index contributed by atoms with van der Waals surface area (Å²) < 4.78 is 24.2. The van der Waals surface area contributed by atoms with Crippen LogP contribution >= 0.6 is 0 Å². The van der Waals surface area contributed by atoms with E-state index < -0.39 is 5.82 Å². The fourth-order valence-corrected chi connectivity index (χ4v) is 3.67. The van der Waals surface area contributed by atoms with Gasteiger partial charge in [0, 0.05) is 43.7 Å². The Balaban J connectivity index is 1.36. The van der Waals surface area contributed by atoms with E-state index in [-0.39, 0.29) is 11.8 Å².